The molecule has 0 heterocycles. The Bertz CT molecular complexity index is 457. The Morgan fingerprint density at radius 2 is 1.67 bits per heavy atom. The number of hydrogen-bond acceptors (Lipinski definition) is 4. The van der Waals surface area contributed by atoms with Gasteiger partial charge in [-0.1, -0.05) is 70.1 Å². The molecule has 1 rings (SSSR count). The number of carbonyl (C=O) groups excluding carboxylic acids is 1. The van der Waals surface area contributed by atoms with E-state index >= 15 is 0 Å². The molecule has 156 valence electrons. The van der Waals surface area contributed by atoms with Crippen molar-refractivity contribution in [3.8, 4) is 0 Å². The van der Waals surface area contributed by atoms with Gasteiger partial charge in [-0.25, -0.2) is 0 Å². The van der Waals surface area contributed by atoms with Crippen molar-refractivity contribution < 1.29 is 20.1 Å². The minimum Gasteiger partial charge on any atom is -0.393 e. The van der Waals surface area contributed by atoms with Gasteiger partial charge < -0.3 is 15.3 Å². The zero-order valence-corrected chi connectivity index (χ0v) is 17.1. The summed E-state index contributed by atoms with van der Waals surface area (Å²) in [6.07, 6.45) is 19.5. The highest BCUT2D eigenvalue weighted by Gasteiger charge is 2.40. The van der Waals surface area contributed by atoms with Crippen LogP contribution in [0.5, 0.6) is 0 Å². The van der Waals surface area contributed by atoms with Gasteiger partial charge in [0.25, 0.3) is 0 Å². The summed E-state index contributed by atoms with van der Waals surface area (Å²) in [5.74, 6) is -0.412. The Morgan fingerprint density at radius 3 is 2.33 bits per heavy atom. The van der Waals surface area contributed by atoms with Crippen molar-refractivity contribution in [2.24, 2.45) is 0 Å². The fourth-order valence-electron chi connectivity index (χ4n) is 3.64. The molecule has 0 aromatic carbocycles. The fourth-order valence-corrected chi connectivity index (χ4v) is 3.64. The molecule has 0 aromatic heterocycles. The van der Waals surface area contributed by atoms with Crippen molar-refractivity contribution in [2.75, 3.05) is 0 Å². The summed E-state index contributed by atoms with van der Waals surface area (Å²) in [6, 6.07) is 0. The topological polar surface area (TPSA) is 77.8 Å². The van der Waals surface area contributed by atoms with Crippen LogP contribution >= 0.6 is 0 Å². The van der Waals surface area contributed by atoms with Gasteiger partial charge in [-0.05, 0) is 38.2 Å². The van der Waals surface area contributed by atoms with Gasteiger partial charge in [0.15, 0.2) is 5.78 Å². The Labute approximate surface area is 165 Å². The van der Waals surface area contributed by atoms with Crippen LogP contribution in [0.2, 0.25) is 0 Å². The first-order valence-electron chi connectivity index (χ1n) is 10.9. The average molecular weight is 381 g/mol. The van der Waals surface area contributed by atoms with Gasteiger partial charge >= 0.3 is 0 Å². The first kappa shape index (κ1) is 24.1. The number of aliphatic hydroxyl groups is 3. The molecule has 0 unspecified atom stereocenters. The molecule has 4 heteroatoms. The summed E-state index contributed by atoms with van der Waals surface area (Å²) in [4.78, 5) is 11.8. The van der Waals surface area contributed by atoms with Crippen molar-refractivity contribution in [1.29, 1.82) is 0 Å². The second kappa shape index (κ2) is 14.1. The number of unbranched alkanes of at least 4 members (excludes halogenated alkanes) is 9. The highest BCUT2D eigenvalue weighted by molar-refractivity contribution is 5.97. The predicted molar refractivity (Wildman–Crippen MR) is 111 cm³/mol. The molecule has 1 aliphatic rings. The maximum absolute atomic E-state index is 11.8. The van der Waals surface area contributed by atoms with E-state index in [1.165, 1.54) is 57.1 Å². The first-order valence-corrected chi connectivity index (χ1v) is 10.9. The van der Waals surface area contributed by atoms with E-state index in [4.69, 9.17) is 0 Å². The number of aliphatic hydroxyl groups excluding tert-OH is 2. The van der Waals surface area contributed by atoms with Crippen molar-refractivity contribution in [3.63, 3.8) is 0 Å². The molecule has 27 heavy (non-hydrogen) atoms. The molecule has 0 bridgehead atoms. The molecule has 0 saturated heterocycles. The van der Waals surface area contributed by atoms with Crippen LogP contribution in [0.15, 0.2) is 24.3 Å². The van der Waals surface area contributed by atoms with Crippen LogP contribution in [0.25, 0.3) is 0 Å². The maximum Gasteiger partial charge on any atom is 0.187 e. The molecule has 3 N–H and O–H groups in total. The van der Waals surface area contributed by atoms with Gasteiger partial charge in [0.2, 0.25) is 0 Å². The Kier molecular flexibility index (Phi) is 12.6. The van der Waals surface area contributed by atoms with Crippen LogP contribution < -0.4 is 0 Å². The smallest absolute Gasteiger partial charge is 0.187 e. The summed E-state index contributed by atoms with van der Waals surface area (Å²) in [7, 11) is 0. The molecule has 0 fully saturated rings. The average Bonchev–Trinajstić information content (AvgIpc) is 2.62. The van der Waals surface area contributed by atoms with Gasteiger partial charge in [-0.15, -0.1) is 0 Å². The Hall–Kier alpha value is -0.970. The zero-order chi connectivity index (χ0) is 20.0. The molecule has 0 aromatic rings. The number of carbonyl (C=O) groups is 1. The normalized spacial score (nSPS) is 24.0. The second-order valence-corrected chi connectivity index (χ2v) is 8.05. The lowest BCUT2D eigenvalue weighted by Crippen LogP contribution is -2.45. The van der Waals surface area contributed by atoms with Crippen LogP contribution in [0.3, 0.4) is 0 Å². The molecule has 0 amide bonds. The minimum absolute atomic E-state index is 0.0102. The molecule has 0 saturated carbocycles. The molecular weight excluding hydrogens is 340 g/mol. The van der Waals surface area contributed by atoms with Gasteiger partial charge in [-0.3, -0.25) is 4.79 Å². The summed E-state index contributed by atoms with van der Waals surface area (Å²) in [5.41, 5.74) is -1.61. The monoisotopic (exact) mass is 380 g/mol. The molecule has 3 atom stereocenters. The standard InChI is InChI=1S/C23H40O4/c1-2-3-4-5-6-7-8-9-10-11-12-13-14-15-20(24)18-23(27)19-21(25)16-17-22(23)26/h7-8,16-17,20-21,24-25,27H,2-6,9-15,18-19H2,1H3/b8-7-/t20-,21+,23+/m0/s1. The van der Waals surface area contributed by atoms with Crippen molar-refractivity contribution in [3.05, 3.63) is 24.3 Å². The molecule has 0 spiro atoms. The summed E-state index contributed by atoms with van der Waals surface area (Å²) in [6.45, 7) is 2.24. The second-order valence-electron chi connectivity index (χ2n) is 8.05. The largest absolute Gasteiger partial charge is 0.393 e. The zero-order valence-electron chi connectivity index (χ0n) is 17.1. The highest BCUT2D eigenvalue weighted by atomic mass is 16.3. The molecule has 0 aliphatic heterocycles. The van der Waals surface area contributed by atoms with Crippen molar-refractivity contribution >= 4 is 5.78 Å². The Morgan fingerprint density at radius 1 is 1.07 bits per heavy atom. The Balaban J connectivity index is 1.99. The van der Waals surface area contributed by atoms with Crippen LogP contribution in [-0.4, -0.2) is 38.9 Å². The highest BCUT2D eigenvalue weighted by Crippen LogP contribution is 2.27. The van der Waals surface area contributed by atoms with Crippen LogP contribution in [-0.2, 0) is 4.79 Å². The molecule has 0 radical (unpaired) electrons. The SMILES string of the molecule is CCCCCC/C=C\CCCCCCC[C@H](O)C[C@@]1(O)C[C@H](O)C=CC1=O. The molecular formula is C23H40O4. The van der Waals surface area contributed by atoms with Crippen LogP contribution in [0, 0.1) is 0 Å². The quantitative estimate of drug-likeness (QED) is 0.286. The summed E-state index contributed by atoms with van der Waals surface area (Å²) >= 11 is 0. The van der Waals surface area contributed by atoms with E-state index in [1.807, 2.05) is 0 Å². The van der Waals surface area contributed by atoms with Crippen molar-refractivity contribution in [2.45, 2.75) is 115 Å². The number of rotatable bonds is 15. The minimum atomic E-state index is -1.61. The van der Waals surface area contributed by atoms with E-state index in [1.54, 1.807) is 0 Å². The lowest BCUT2D eigenvalue weighted by atomic mass is 9.81. The van der Waals surface area contributed by atoms with Gasteiger partial charge in [-0.2, -0.15) is 0 Å². The van der Waals surface area contributed by atoms with E-state index in [-0.39, 0.29) is 12.8 Å². The molecule has 1 aliphatic carbocycles. The number of allylic oxidation sites excluding steroid dienone is 2. The summed E-state index contributed by atoms with van der Waals surface area (Å²) < 4.78 is 0. The number of hydrogen-bond donors (Lipinski definition) is 3. The van der Waals surface area contributed by atoms with Crippen molar-refractivity contribution in [1.82, 2.24) is 0 Å². The van der Waals surface area contributed by atoms with E-state index in [0.29, 0.717) is 6.42 Å². The third-order valence-corrected chi connectivity index (χ3v) is 5.35. The van der Waals surface area contributed by atoms with E-state index in [9.17, 15) is 20.1 Å². The fraction of sp³-hybridized carbons (Fsp3) is 0.783. The predicted octanol–water partition coefficient (Wildman–Crippen LogP) is 4.62. The maximum atomic E-state index is 11.8. The van der Waals surface area contributed by atoms with Gasteiger partial charge in [0.05, 0.1) is 12.2 Å². The van der Waals surface area contributed by atoms with Crippen LogP contribution in [0.1, 0.15) is 96.8 Å². The van der Waals surface area contributed by atoms with E-state index < -0.39 is 23.6 Å². The van der Waals surface area contributed by atoms with E-state index in [2.05, 4.69) is 19.1 Å². The van der Waals surface area contributed by atoms with Crippen LogP contribution in [0.4, 0.5) is 0 Å². The van der Waals surface area contributed by atoms with Gasteiger partial charge in [0, 0.05) is 12.8 Å². The van der Waals surface area contributed by atoms with Gasteiger partial charge in [0.1, 0.15) is 5.60 Å². The molecule has 4 nitrogen and oxygen atoms in total. The summed E-state index contributed by atoms with van der Waals surface area (Å²) in [5, 5.41) is 30.1. The lowest BCUT2D eigenvalue weighted by Gasteiger charge is -2.31. The first-order chi connectivity index (χ1) is 13.0. The third-order valence-electron chi connectivity index (χ3n) is 5.35. The number of ketones is 1. The lowest BCUT2D eigenvalue weighted by molar-refractivity contribution is -0.140. The third kappa shape index (κ3) is 10.8. The van der Waals surface area contributed by atoms with E-state index in [0.717, 1.165) is 25.7 Å².